The van der Waals surface area contributed by atoms with Gasteiger partial charge >= 0.3 is 0 Å². The molecular formula is C14H17ClN2O2. The fourth-order valence-corrected chi connectivity index (χ4v) is 1.64. The SMILES string of the molecule is CC(C)(C(=O)Nc1ccc(Cl)cc1)C(=O)NC1CC1. The second-order valence-corrected chi connectivity index (χ2v) is 5.77. The standard InChI is InChI=1S/C14H17ClN2O2/c1-14(2,13(19)17-11-7-8-11)12(18)16-10-5-3-9(15)4-6-10/h3-6,11H,7-8H2,1-2H3,(H,16,18)(H,17,19). The van der Waals surface area contributed by atoms with E-state index in [9.17, 15) is 9.59 Å². The third-order valence-corrected chi connectivity index (χ3v) is 3.40. The Labute approximate surface area is 117 Å². The number of anilines is 1. The minimum Gasteiger partial charge on any atom is -0.352 e. The van der Waals surface area contributed by atoms with Crippen LogP contribution in [0.4, 0.5) is 5.69 Å². The van der Waals surface area contributed by atoms with E-state index in [4.69, 9.17) is 11.6 Å². The lowest BCUT2D eigenvalue weighted by atomic mass is 9.91. The average Bonchev–Trinajstić information content (AvgIpc) is 3.15. The zero-order chi connectivity index (χ0) is 14.0. The first kappa shape index (κ1) is 13.9. The number of nitrogens with one attached hydrogen (secondary N) is 2. The zero-order valence-corrected chi connectivity index (χ0v) is 11.8. The van der Waals surface area contributed by atoms with Gasteiger partial charge in [0.25, 0.3) is 0 Å². The average molecular weight is 281 g/mol. The molecule has 0 bridgehead atoms. The van der Waals surface area contributed by atoms with Crippen molar-refractivity contribution in [1.29, 1.82) is 0 Å². The van der Waals surface area contributed by atoms with Gasteiger partial charge in [0.1, 0.15) is 5.41 Å². The Morgan fingerprint density at radius 3 is 2.26 bits per heavy atom. The number of rotatable bonds is 4. The number of hydrogen-bond donors (Lipinski definition) is 2. The number of amides is 2. The van der Waals surface area contributed by atoms with Crippen LogP contribution in [0.25, 0.3) is 0 Å². The Kier molecular flexibility index (Phi) is 3.80. The van der Waals surface area contributed by atoms with Crippen LogP contribution in [0.15, 0.2) is 24.3 Å². The number of benzene rings is 1. The molecule has 0 spiro atoms. The van der Waals surface area contributed by atoms with Crippen molar-refractivity contribution in [1.82, 2.24) is 5.32 Å². The quantitative estimate of drug-likeness (QED) is 0.833. The van der Waals surface area contributed by atoms with Crippen molar-refractivity contribution in [3.8, 4) is 0 Å². The van der Waals surface area contributed by atoms with Crippen LogP contribution in [0, 0.1) is 5.41 Å². The molecule has 2 rings (SSSR count). The predicted octanol–water partition coefficient (Wildman–Crippen LogP) is 2.58. The van der Waals surface area contributed by atoms with Gasteiger partial charge in [-0.25, -0.2) is 0 Å². The molecule has 0 atom stereocenters. The Hall–Kier alpha value is -1.55. The largest absolute Gasteiger partial charge is 0.352 e. The van der Waals surface area contributed by atoms with Gasteiger partial charge in [-0.3, -0.25) is 9.59 Å². The van der Waals surface area contributed by atoms with Gasteiger partial charge in [0, 0.05) is 16.8 Å². The lowest BCUT2D eigenvalue weighted by Crippen LogP contribution is -2.45. The van der Waals surface area contributed by atoms with Crippen molar-refractivity contribution in [3.63, 3.8) is 0 Å². The van der Waals surface area contributed by atoms with E-state index in [0.717, 1.165) is 12.8 Å². The Morgan fingerprint density at radius 1 is 1.16 bits per heavy atom. The fraction of sp³-hybridized carbons (Fsp3) is 0.429. The molecule has 19 heavy (non-hydrogen) atoms. The maximum Gasteiger partial charge on any atom is 0.239 e. The molecule has 0 aromatic heterocycles. The minimum atomic E-state index is -1.10. The molecule has 0 unspecified atom stereocenters. The van der Waals surface area contributed by atoms with Gasteiger partial charge in [-0.2, -0.15) is 0 Å². The first-order chi connectivity index (χ1) is 8.89. The van der Waals surface area contributed by atoms with Gasteiger partial charge < -0.3 is 10.6 Å². The molecule has 1 fully saturated rings. The van der Waals surface area contributed by atoms with E-state index in [1.54, 1.807) is 38.1 Å². The summed E-state index contributed by atoms with van der Waals surface area (Å²) < 4.78 is 0. The van der Waals surface area contributed by atoms with Crippen LogP contribution in [0.5, 0.6) is 0 Å². The molecule has 1 aliphatic carbocycles. The van der Waals surface area contributed by atoms with Gasteiger partial charge in [0.2, 0.25) is 11.8 Å². The molecule has 4 nitrogen and oxygen atoms in total. The van der Waals surface area contributed by atoms with Gasteiger partial charge in [-0.05, 0) is 51.0 Å². The monoisotopic (exact) mass is 280 g/mol. The topological polar surface area (TPSA) is 58.2 Å². The van der Waals surface area contributed by atoms with E-state index in [-0.39, 0.29) is 17.9 Å². The van der Waals surface area contributed by atoms with Crippen molar-refractivity contribution in [2.75, 3.05) is 5.32 Å². The summed E-state index contributed by atoms with van der Waals surface area (Å²) >= 11 is 5.78. The summed E-state index contributed by atoms with van der Waals surface area (Å²) in [6, 6.07) is 7.03. The highest BCUT2D eigenvalue weighted by molar-refractivity contribution is 6.30. The third kappa shape index (κ3) is 3.47. The van der Waals surface area contributed by atoms with Crippen molar-refractivity contribution >= 4 is 29.1 Å². The maximum atomic E-state index is 12.2. The molecule has 0 heterocycles. The van der Waals surface area contributed by atoms with Crippen LogP contribution in [-0.2, 0) is 9.59 Å². The van der Waals surface area contributed by atoms with Crippen LogP contribution in [0.3, 0.4) is 0 Å². The molecule has 0 saturated heterocycles. The second kappa shape index (κ2) is 5.21. The number of carbonyl (C=O) groups is 2. The summed E-state index contributed by atoms with van der Waals surface area (Å²) in [5.74, 6) is -0.561. The smallest absolute Gasteiger partial charge is 0.239 e. The molecule has 0 aliphatic heterocycles. The molecule has 2 N–H and O–H groups in total. The highest BCUT2D eigenvalue weighted by Crippen LogP contribution is 2.24. The Balaban J connectivity index is 2.00. The van der Waals surface area contributed by atoms with Crippen LogP contribution in [-0.4, -0.2) is 17.9 Å². The Morgan fingerprint density at radius 2 is 1.74 bits per heavy atom. The first-order valence-corrected chi connectivity index (χ1v) is 6.65. The molecule has 5 heteroatoms. The summed E-state index contributed by atoms with van der Waals surface area (Å²) in [5.41, 5.74) is -0.468. The van der Waals surface area contributed by atoms with Crippen molar-refractivity contribution in [2.24, 2.45) is 5.41 Å². The second-order valence-electron chi connectivity index (χ2n) is 5.33. The van der Waals surface area contributed by atoms with Crippen LogP contribution in [0.1, 0.15) is 26.7 Å². The lowest BCUT2D eigenvalue weighted by molar-refractivity contribution is -0.138. The van der Waals surface area contributed by atoms with Crippen LogP contribution >= 0.6 is 11.6 Å². The van der Waals surface area contributed by atoms with Crippen LogP contribution in [0.2, 0.25) is 5.02 Å². The van der Waals surface area contributed by atoms with Crippen molar-refractivity contribution < 1.29 is 9.59 Å². The Bertz CT molecular complexity index is 493. The predicted molar refractivity (Wildman–Crippen MR) is 75.0 cm³/mol. The zero-order valence-electron chi connectivity index (χ0n) is 11.0. The summed E-state index contributed by atoms with van der Waals surface area (Å²) in [7, 11) is 0. The number of halogens is 1. The van der Waals surface area contributed by atoms with Crippen molar-refractivity contribution in [2.45, 2.75) is 32.7 Å². The van der Waals surface area contributed by atoms with E-state index >= 15 is 0 Å². The summed E-state index contributed by atoms with van der Waals surface area (Å²) in [4.78, 5) is 24.2. The fourth-order valence-electron chi connectivity index (χ4n) is 1.52. The highest BCUT2D eigenvalue weighted by Gasteiger charge is 2.38. The van der Waals surface area contributed by atoms with Crippen molar-refractivity contribution in [3.05, 3.63) is 29.3 Å². The van der Waals surface area contributed by atoms with E-state index in [1.807, 2.05) is 0 Å². The number of hydrogen-bond acceptors (Lipinski definition) is 2. The number of carbonyl (C=O) groups excluding carboxylic acids is 2. The van der Waals surface area contributed by atoms with Gasteiger partial charge in [0.05, 0.1) is 0 Å². The lowest BCUT2D eigenvalue weighted by Gasteiger charge is -2.22. The maximum absolute atomic E-state index is 12.2. The minimum absolute atomic E-state index is 0.235. The third-order valence-electron chi connectivity index (χ3n) is 3.15. The van der Waals surface area contributed by atoms with Gasteiger partial charge in [0.15, 0.2) is 0 Å². The van der Waals surface area contributed by atoms with E-state index in [0.29, 0.717) is 10.7 Å². The molecule has 1 aliphatic rings. The molecule has 102 valence electrons. The molecule has 1 aromatic carbocycles. The molecule has 2 amide bonds. The van der Waals surface area contributed by atoms with Gasteiger partial charge in [-0.15, -0.1) is 0 Å². The highest BCUT2D eigenvalue weighted by atomic mass is 35.5. The van der Waals surface area contributed by atoms with E-state index < -0.39 is 5.41 Å². The molecule has 1 aromatic rings. The van der Waals surface area contributed by atoms with E-state index in [2.05, 4.69) is 10.6 Å². The van der Waals surface area contributed by atoms with E-state index in [1.165, 1.54) is 0 Å². The normalized spacial score (nSPS) is 14.9. The summed E-state index contributed by atoms with van der Waals surface area (Å²) in [5, 5.41) is 6.18. The summed E-state index contributed by atoms with van der Waals surface area (Å²) in [6.07, 6.45) is 2.00. The molecular weight excluding hydrogens is 264 g/mol. The molecule has 1 saturated carbocycles. The molecule has 0 radical (unpaired) electrons. The first-order valence-electron chi connectivity index (χ1n) is 6.27. The van der Waals surface area contributed by atoms with Crippen LogP contribution < -0.4 is 10.6 Å². The van der Waals surface area contributed by atoms with Gasteiger partial charge in [-0.1, -0.05) is 11.6 Å². The summed E-state index contributed by atoms with van der Waals surface area (Å²) in [6.45, 7) is 3.24.